The van der Waals surface area contributed by atoms with E-state index in [1.807, 2.05) is 0 Å². The Balaban J connectivity index is 2.96. The molecular formula is C12H12O4. The third-order valence-corrected chi connectivity index (χ3v) is 2.41. The van der Waals surface area contributed by atoms with E-state index < -0.39 is 5.63 Å². The molecule has 2 aromatic rings. The highest BCUT2D eigenvalue weighted by atomic mass is 16.5. The summed E-state index contributed by atoms with van der Waals surface area (Å²) >= 11 is 0. The maximum Gasteiger partial charge on any atom is 0.347 e. The van der Waals surface area contributed by atoms with Gasteiger partial charge in [-0.1, -0.05) is 0 Å². The Morgan fingerprint density at radius 2 is 1.75 bits per heavy atom. The summed E-state index contributed by atoms with van der Waals surface area (Å²) in [6.45, 7) is 1.72. The minimum Gasteiger partial charge on any atom is -0.496 e. The van der Waals surface area contributed by atoms with Crippen molar-refractivity contribution in [3.8, 4) is 11.5 Å². The van der Waals surface area contributed by atoms with Gasteiger partial charge in [0, 0.05) is 5.39 Å². The SMILES string of the molecule is COc1ccc(OC)c2c(=O)oc(C)cc12. The van der Waals surface area contributed by atoms with Crippen LogP contribution in [0.2, 0.25) is 0 Å². The van der Waals surface area contributed by atoms with Crippen LogP contribution in [0.25, 0.3) is 10.8 Å². The topological polar surface area (TPSA) is 48.7 Å². The Morgan fingerprint density at radius 3 is 2.38 bits per heavy atom. The molecule has 16 heavy (non-hydrogen) atoms. The van der Waals surface area contributed by atoms with Gasteiger partial charge in [0.1, 0.15) is 22.6 Å². The van der Waals surface area contributed by atoms with Crippen LogP contribution in [0.5, 0.6) is 11.5 Å². The fourth-order valence-electron chi connectivity index (χ4n) is 1.71. The molecule has 1 aromatic heterocycles. The van der Waals surface area contributed by atoms with Crippen LogP contribution in [0.3, 0.4) is 0 Å². The standard InChI is InChI=1S/C12H12O4/c1-7-6-8-9(14-2)4-5-10(15-3)11(8)12(13)16-7/h4-6H,1-3H3. The second-order valence-corrected chi connectivity index (χ2v) is 3.40. The third kappa shape index (κ3) is 1.52. The van der Waals surface area contributed by atoms with Crippen molar-refractivity contribution in [3.05, 3.63) is 34.4 Å². The molecule has 0 saturated carbocycles. The Hall–Kier alpha value is -1.97. The van der Waals surface area contributed by atoms with Crippen molar-refractivity contribution in [2.24, 2.45) is 0 Å². The van der Waals surface area contributed by atoms with E-state index in [0.29, 0.717) is 28.0 Å². The van der Waals surface area contributed by atoms with E-state index in [1.54, 1.807) is 32.2 Å². The Labute approximate surface area is 92.4 Å². The molecule has 0 fully saturated rings. The van der Waals surface area contributed by atoms with Gasteiger partial charge in [0.15, 0.2) is 0 Å². The van der Waals surface area contributed by atoms with E-state index in [0.717, 1.165) is 0 Å². The van der Waals surface area contributed by atoms with E-state index in [1.165, 1.54) is 7.11 Å². The molecule has 1 aromatic carbocycles. The number of benzene rings is 1. The maximum atomic E-state index is 11.7. The molecule has 0 bridgehead atoms. The molecule has 0 saturated heterocycles. The van der Waals surface area contributed by atoms with Crippen LogP contribution in [0, 0.1) is 6.92 Å². The zero-order valence-electron chi connectivity index (χ0n) is 9.37. The molecule has 84 valence electrons. The normalized spacial score (nSPS) is 10.4. The van der Waals surface area contributed by atoms with Gasteiger partial charge >= 0.3 is 5.63 Å². The number of fused-ring (bicyclic) bond motifs is 1. The summed E-state index contributed by atoms with van der Waals surface area (Å²) < 4.78 is 15.4. The van der Waals surface area contributed by atoms with Crippen LogP contribution in [0.4, 0.5) is 0 Å². The number of hydrogen-bond acceptors (Lipinski definition) is 4. The van der Waals surface area contributed by atoms with Gasteiger partial charge in [-0.25, -0.2) is 4.79 Å². The van der Waals surface area contributed by atoms with Gasteiger partial charge < -0.3 is 13.9 Å². The minimum absolute atomic E-state index is 0.410. The Morgan fingerprint density at radius 1 is 1.12 bits per heavy atom. The fourth-order valence-corrected chi connectivity index (χ4v) is 1.71. The molecule has 4 nitrogen and oxygen atoms in total. The quantitative estimate of drug-likeness (QED) is 0.777. The van der Waals surface area contributed by atoms with Crippen LogP contribution >= 0.6 is 0 Å². The molecule has 0 amide bonds. The highest BCUT2D eigenvalue weighted by Crippen LogP contribution is 2.31. The monoisotopic (exact) mass is 220 g/mol. The van der Waals surface area contributed by atoms with Gasteiger partial charge in [0.05, 0.1) is 14.2 Å². The number of hydrogen-bond donors (Lipinski definition) is 0. The van der Waals surface area contributed by atoms with Crippen LogP contribution in [0.15, 0.2) is 27.4 Å². The first-order chi connectivity index (χ1) is 7.67. The first-order valence-electron chi connectivity index (χ1n) is 4.83. The maximum absolute atomic E-state index is 11.7. The average molecular weight is 220 g/mol. The first-order valence-corrected chi connectivity index (χ1v) is 4.83. The molecule has 0 spiro atoms. The molecule has 1 heterocycles. The Kier molecular flexibility index (Phi) is 2.56. The Bertz CT molecular complexity index is 583. The van der Waals surface area contributed by atoms with Crippen molar-refractivity contribution in [1.29, 1.82) is 0 Å². The highest BCUT2D eigenvalue weighted by molar-refractivity contribution is 5.92. The van der Waals surface area contributed by atoms with Crippen molar-refractivity contribution in [1.82, 2.24) is 0 Å². The predicted molar refractivity (Wildman–Crippen MR) is 60.3 cm³/mol. The molecule has 0 unspecified atom stereocenters. The second-order valence-electron chi connectivity index (χ2n) is 3.40. The zero-order chi connectivity index (χ0) is 11.7. The molecule has 0 N–H and O–H groups in total. The van der Waals surface area contributed by atoms with Crippen LogP contribution in [0.1, 0.15) is 5.76 Å². The lowest BCUT2D eigenvalue weighted by molar-refractivity contribution is 0.406. The van der Waals surface area contributed by atoms with E-state index >= 15 is 0 Å². The fraction of sp³-hybridized carbons (Fsp3) is 0.250. The summed E-state index contributed by atoms with van der Waals surface area (Å²) in [5.74, 6) is 1.67. The van der Waals surface area contributed by atoms with E-state index in [4.69, 9.17) is 13.9 Å². The molecule has 0 aliphatic rings. The van der Waals surface area contributed by atoms with Crippen LogP contribution in [-0.2, 0) is 0 Å². The van der Waals surface area contributed by atoms with Crippen LogP contribution in [-0.4, -0.2) is 14.2 Å². The van der Waals surface area contributed by atoms with Gasteiger partial charge in [-0.2, -0.15) is 0 Å². The number of methoxy groups -OCH3 is 2. The van der Waals surface area contributed by atoms with Crippen molar-refractivity contribution in [3.63, 3.8) is 0 Å². The van der Waals surface area contributed by atoms with Crippen molar-refractivity contribution in [2.45, 2.75) is 6.92 Å². The summed E-state index contributed by atoms with van der Waals surface area (Å²) in [4.78, 5) is 11.7. The van der Waals surface area contributed by atoms with Gasteiger partial charge in [-0.15, -0.1) is 0 Å². The van der Waals surface area contributed by atoms with Gasteiger partial charge in [-0.05, 0) is 25.1 Å². The van der Waals surface area contributed by atoms with Crippen LogP contribution < -0.4 is 15.1 Å². The smallest absolute Gasteiger partial charge is 0.347 e. The minimum atomic E-state index is -0.411. The summed E-state index contributed by atoms with van der Waals surface area (Å²) in [5.41, 5.74) is -0.411. The summed E-state index contributed by atoms with van der Waals surface area (Å²) in [6.07, 6.45) is 0. The second kappa shape index (κ2) is 3.89. The van der Waals surface area contributed by atoms with Crippen molar-refractivity contribution in [2.75, 3.05) is 14.2 Å². The molecule has 0 aliphatic carbocycles. The van der Waals surface area contributed by atoms with Gasteiger partial charge in [0.2, 0.25) is 0 Å². The van der Waals surface area contributed by atoms with E-state index in [2.05, 4.69) is 0 Å². The predicted octanol–water partition coefficient (Wildman–Crippen LogP) is 2.12. The lowest BCUT2D eigenvalue weighted by Crippen LogP contribution is -2.03. The van der Waals surface area contributed by atoms with Gasteiger partial charge in [-0.3, -0.25) is 0 Å². The van der Waals surface area contributed by atoms with E-state index in [-0.39, 0.29) is 0 Å². The summed E-state index contributed by atoms with van der Waals surface area (Å²) in [5, 5.41) is 1.11. The molecule has 0 radical (unpaired) electrons. The number of aryl methyl sites for hydroxylation is 1. The molecule has 2 rings (SSSR count). The lowest BCUT2D eigenvalue weighted by Gasteiger charge is -2.08. The molecule has 0 aliphatic heterocycles. The third-order valence-electron chi connectivity index (χ3n) is 2.41. The molecular weight excluding hydrogens is 208 g/mol. The van der Waals surface area contributed by atoms with Crippen molar-refractivity contribution < 1.29 is 13.9 Å². The molecule has 0 atom stereocenters. The average Bonchev–Trinajstić information content (AvgIpc) is 2.27. The largest absolute Gasteiger partial charge is 0.496 e. The zero-order valence-corrected chi connectivity index (χ0v) is 9.37. The highest BCUT2D eigenvalue weighted by Gasteiger charge is 2.12. The first kappa shape index (κ1) is 10.5. The number of rotatable bonds is 2. The van der Waals surface area contributed by atoms with Gasteiger partial charge in [0.25, 0.3) is 0 Å². The molecule has 4 heteroatoms. The summed E-state index contributed by atoms with van der Waals surface area (Å²) in [7, 11) is 3.08. The number of ether oxygens (including phenoxy) is 2. The summed E-state index contributed by atoms with van der Waals surface area (Å²) in [6, 6.07) is 5.21. The van der Waals surface area contributed by atoms with E-state index in [9.17, 15) is 4.79 Å². The van der Waals surface area contributed by atoms with Crippen molar-refractivity contribution >= 4 is 10.8 Å². The lowest BCUT2D eigenvalue weighted by atomic mass is 10.1.